The van der Waals surface area contributed by atoms with Crippen LogP contribution in [0.15, 0.2) is 0 Å². The van der Waals surface area contributed by atoms with Crippen LogP contribution in [-0.2, 0) is 4.74 Å². The number of hydrogen-bond donors (Lipinski definition) is 2. The van der Waals surface area contributed by atoms with Crippen LogP contribution in [0.25, 0.3) is 0 Å². The number of ether oxygens (including phenoxy) is 1. The summed E-state index contributed by atoms with van der Waals surface area (Å²) in [5.41, 5.74) is 0.167. The Morgan fingerprint density at radius 2 is 1.88 bits per heavy atom. The average molecular weight is 253 g/mol. The van der Waals surface area contributed by atoms with Crippen molar-refractivity contribution in [1.82, 2.24) is 10.6 Å². The van der Waals surface area contributed by atoms with Crippen molar-refractivity contribution in [1.29, 1.82) is 0 Å². The normalized spacial score (nSPS) is 10.5. The highest BCUT2D eigenvalue weighted by Crippen LogP contribution is 1.99. The zero-order valence-electron chi connectivity index (χ0n) is 10.8. The molecule has 0 fully saturated rings. The number of unbranched alkanes of at least 4 members (excludes halogenated alkanes) is 1. The van der Waals surface area contributed by atoms with Crippen LogP contribution in [0.2, 0.25) is 0 Å². The van der Waals surface area contributed by atoms with E-state index in [0.29, 0.717) is 13.2 Å². The van der Waals surface area contributed by atoms with Crippen LogP contribution in [0.1, 0.15) is 40.5 Å². The van der Waals surface area contributed by atoms with Gasteiger partial charge in [-0.3, -0.25) is 0 Å². The van der Waals surface area contributed by atoms with Gasteiger partial charge in [-0.15, -0.1) is 12.4 Å². The molecule has 0 aliphatic rings. The van der Waals surface area contributed by atoms with Gasteiger partial charge in [0.05, 0.1) is 6.61 Å². The van der Waals surface area contributed by atoms with Crippen LogP contribution in [0.5, 0.6) is 0 Å². The number of halogens is 1. The summed E-state index contributed by atoms with van der Waals surface area (Å²) in [6, 6.07) is 0. The molecule has 0 aromatic rings. The van der Waals surface area contributed by atoms with Gasteiger partial charge in [-0.05, 0) is 47.1 Å². The van der Waals surface area contributed by atoms with Gasteiger partial charge in [-0.1, -0.05) is 0 Å². The number of carbonyl (C=O) groups is 1. The summed E-state index contributed by atoms with van der Waals surface area (Å²) in [5, 5.41) is 5.96. The molecule has 0 heterocycles. The molecule has 0 radical (unpaired) electrons. The van der Waals surface area contributed by atoms with Crippen LogP contribution in [0, 0.1) is 0 Å². The third kappa shape index (κ3) is 13.5. The molecule has 4 nitrogen and oxygen atoms in total. The molecular weight excluding hydrogens is 228 g/mol. The molecule has 0 spiro atoms. The fraction of sp³-hybridized carbons (Fsp3) is 0.909. The Morgan fingerprint density at radius 1 is 1.25 bits per heavy atom. The van der Waals surface area contributed by atoms with E-state index in [4.69, 9.17) is 4.74 Å². The second-order valence-corrected chi connectivity index (χ2v) is 4.55. The first-order valence-electron chi connectivity index (χ1n) is 5.61. The van der Waals surface area contributed by atoms with Gasteiger partial charge < -0.3 is 15.4 Å². The number of alkyl carbamates (subject to hydrolysis) is 1. The molecule has 1 amide bonds. The number of carbonyl (C=O) groups excluding carboxylic acids is 1. The molecule has 0 aromatic heterocycles. The molecular formula is C11H25ClN2O2. The Kier molecular flexibility index (Phi) is 10.9. The van der Waals surface area contributed by atoms with Crippen LogP contribution in [-0.4, -0.2) is 31.3 Å². The van der Waals surface area contributed by atoms with Gasteiger partial charge >= 0.3 is 6.09 Å². The van der Waals surface area contributed by atoms with Gasteiger partial charge in [0.25, 0.3) is 0 Å². The van der Waals surface area contributed by atoms with E-state index in [2.05, 4.69) is 31.4 Å². The number of rotatable bonds is 6. The zero-order chi connectivity index (χ0) is 11.7. The lowest BCUT2D eigenvalue weighted by Gasteiger charge is -2.20. The molecule has 0 aromatic carbocycles. The van der Waals surface area contributed by atoms with E-state index in [9.17, 15) is 4.79 Å². The van der Waals surface area contributed by atoms with Crippen molar-refractivity contribution in [2.45, 2.75) is 46.1 Å². The first-order chi connectivity index (χ1) is 6.95. The Labute approximate surface area is 105 Å². The topological polar surface area (TPSA) is 50.4 Å². The molecule has 0 atom stereocenters. The van der Waals surface area contributed by atoms with Gasteiger partial charge in [0, 0.05) is 12.1 Å². The predicted molar refractivity (Wildman–Crippen MR) is 69.3 cm³/mol. The van der Waals surface area contributed by atoms with E-state index in [1.54, 1.807) is 0 Å². The van der Waals surface area contributed by atoms with Crippen molar-refractivity contribution in [3.63, 3.8) is 0 Å². The Balaban J connectivity index is 0. The number of nitrogens with one attached hydrogen (secondary N) is 2. The third-order valence-electron chi connectivity index (χ3n) is 1.78. The van der Waals surface area contributed by atoms with Gasteiger partial charge in [0.1, 0.15) is 0 Å². The first-order valence-corrected chi connectivity index (χ1v) is 5.61. The van der Waals surface area contributed by atoms with Crippen molar-refractivity contribution in [3.8, 4) is 0 Å². The smallest absolute Gasteiger partial charge is 0.407 e. The third-order valence-corrected chi connectivity index (χ3v) is 1.78. The van der Waals surface area contributed by atoms with Crippen LogP contribution < -0.4 is 10.6 Å². The van der Waals surface area contributed by atoms with Crippen LogP contribution in [0.4, 0.5) is 4.79 Å². The molecule has 0 saturated heterocycles. The van der Waals surface area contributed by atoms with Gasteiger partial charge in [0.2, 0.25) is 0 Å². The largest absolute Gasteiger partial charge is 0.450 e. The maximum atomic E-state index is 10.9. The maximum absolute atomic E-state index is 10.9. The van der Waals surface area contributed by atoms with Crippen LogP contribution >= 0.6 is 12.4 Å². The van der Waals surface area contributed by atoms with Gasteiger partial charge in [-0.25, -0.2) is 4.79 Å². The molecule has 98 valence electrons. The zero-order valence-corrected chi connectivity index (χ0v) is 11.6. The Hall–Kier alpha value is -0.480. The molecule has 16 heavy (non-hydrogen) atoms. The quantitative estimate of drug-likeness (QED) is 0.714. The standard InChI is InChI=1S/C11H24N2O2.ClH/c1-5-12-10(14)15-9-7-6-8-13-11(2,3)4;/h13H,5-9H2,1-4H3,(H,12,14);1H. The monoisotopic (exact) mass is 252 g/mol. The molecule has 0 aliphatic carbocycles. The summed E-state index contributed by atoms with van der Waals surface area (Å²) in [7, 11) is 0. The highest BCUT2D eigenvalue weighted by atomic mass is 35.5. The van der Waals surface area contributed by atoms with Crippen molar-refractivity contribution in [2.24, 2.45) is 0 Å². The Bertz CT molecular complexity index is 181. The molecule has 0 bridgehead atoms. The minimum atomic E-state index is -0.318. The second kappa shape index (κ2) is 9.73. The molecule has 0 rings (SSSR count). The summed E-state index contributed by atoms with van der Waals surface area (Å²) < 4.78 is 4.94. The fourth-order valence-corrected chi connectivity index (χ4v) is 1.05. The molecule has 0 unspecified atom stereocenters. The van der Waals surface area contributed by atoms with E-state index in [0.717, 1.165) is 19.4 Å². The summed E-state index contributed by atoms with van der Waals surface area (Å²) in [6.07, 6.45) is 1.61. The summed E-state index contributed by atoms with van der Waals surface area (Å²) in [4.78, 5) is 10.9. The second-order valence-electron chi connectivity index (χ2n) is 4.55. The molecule has 5 heteroatoms. The summed E-state index contributed by atoms with van der Waals surface area (Å²) in [5.74, 6) is 0. The van der Waals surface area contributed by atoms with Gasteiger partial charge in [-0.2, -0.15) is 0 Å². The van der Waals surface area contributed by atoms with Crippen molar-refractivity contribution in [3.05, 3.63) is 0 Å². The Morgan fingerprint density at radius 3 is 2.38 bits per heavy atom. The number of hydrogen-bond acceptors (Lipinski definition) is 3. The minimum Gasteiger partial charge on any atom is -0.450 e. The van der Waals surface area contributed by atoms with Crippen molar-refractivity contribution < 1.29 is 9.53 Å². The summed E-state index contributed by atoms with van der Waals surface area (Å²) in [6.45, 7) is 10.4. The lowest BCUT2D eigenvalue weighted by atomic mass is 10.1. The molecule has 2 N–H and O–H groups in total. The summed E-state index contributed by atoms with van der Waals surface area (Å²) >= 11 is 0. The van der Waals surface area contributed by atoms with E-state index in [1.165, 1.54) is 0 Å². The molecule has 0 aliphatic heterocycles. The fourth-order valence-electron chi connectivity index (χ4n) is 1.05. The van der Waals surface area contributed by atoms with E-state index in [-0.39, 0.29) is 24.0 Å². The van der Waals surface area contributed by atoms with E-state index in [1.807, 2.05) is 6.92 Å². The number of amides is 1. The lowest BCUT2D eigenvalue weighted by molar-refractivity contribution is 0.144. The SMILES string of the molecule is CCNC(=O)OCCCCNC(C)(C)C.Cl. The predicted octanol–water partition coefficient (Wildman–Crippen LogP) is 2.32. The highest BCUT2D eigenvalue weighted by molar-refractivity contribution is 5.85. The molecule has 0 saturated carbocycles. The van der Waals surface area contributed by atoms with E-state index >= 15 is 0 Å². The van der Waals surface area contributed by atoms with Crippen LogP contribution in [0.3, 0.4) is 0 Å². The van der Waals surface area contributed by atoms with Crippen molar-refractivity contribution >= 4 is 18.5 Å². The van der Waals surface area contributed by atoms with E-state index < -0.39 is 0 Å². The average Bonchev–Trinajstić information content (AvgIpc) is 2.09. The lowest BCUT2D eigenvalue weighted by Crippen LogP contribution is -2.36. The maximum Gasteiger partial charge on any atom is 0.407 e. The highest BCUT2D eigenvalue weighted by Gasteiger charge is 2.07. The first kappa shape index (κ1) is 17.9. The van der Waals surface area contributed by atoms with Gasteiger partial charge in [0.15, 0.2) is 0 Å². The van der Waals surface area contributed by atoms with Crippen molar-refractivity contribution in [2.75, 3.05) is 19.7 Å². The minimum absolute atomic E-state index is 0.